The Morgan fingerprint density at radius 3 is 2.55 bits per heavy atom. The first kappa shape index (κ1) is 18.9. The lowest BCUT2D eigenvalue weighted by Gasteiger charge is -2.22. The van der Waals surface area contributed by atoms with Gasteiger partial charge in [0.2, 0.25) is 5.91 Å². The fraction of sp³-hybridized carbons (Fsp3) is 0.500. The molecule has 0 spiro atoms. The van der Waals surface area contributed by atoms with E-state index < -0.39 is 0 Å². The molecule has 0 bridgehead atoms. The average Bonchev–Trinajstić information content (AvgIpc) is 2.44. The fourth-order valence-electron chi connectivity index (χ4n) is 1.64. The number of nitrogens with zero attached hydrogens (tertiary/aromatic N) is 1. The van der Waals surface area contributed by atoms with Gasteiger partial charge >= 0.3 is 0 Å². The van der Waals surface area contributed by atoms with Gasteiger partial charge in [-0.05, 0) is 5.56 Å². The molecule has 0 fully saturated rings. The quantitative estimate of drug-likeness (QED) is 0.693. The van der Waals surface area contributed by atoms with E-state index in [0.717, 1.165) is 5.56 Å². The molecule has 1 aromatic rings. The summed E-state index contributed by atoms with van der Waals surface area (Å²) in [5.74, 6) is -0.0505. The molecule has 6 heteroatoms. The largest absolute Gasteiger partial charge is 0.382 e. The van der Waals surface area contributed by atoms with Gasteiger partial charge in [0.05, 0.1) is 13.2 Å². The molecule has 2 N–H and O–H groups in total. The van der Waals surface area contributed by atoms with Gasteiger partial charge in [0.1, 0.15) is 6.61 Å². The van der Waals surface area contributed by atoms with Crippen LogP contribution in [0.1, 0.15) is 5.56 Å². The highest BCUT2D eigenvalue weighted by Gasteiger charge is 2.13. The molecular formula is C14H23ClN2O3. The Kier molecular flexibility index (Phi) is 11.0. The molecule has 0 aliphatic rings. The van der Waals surface area contributed by atoms with Crippen LogP contribution < -0.4 is 5.73 Å². The highest BCUT2D eigenvalue weighted by atomic mass is 35.5. The second kappa shape index (κ2) is 11.7. The minimum Gasteiger partial charge on any atom is -0.382 e. The van der Waals surface area contributed by atoms with Gasteiger partial charge in [0.25, 0.3) is 0 Å². The van der Waals surface area contributed by atoms with Gasteiger partial charge in [0.15, 0.2) is 0 Å². The van der Waals surface area contributed by atoms with Crippen molar-refractivity contribution in [1.82, 2.24) is 4.90 Å². The number of nitrogens with two attached hydrogens (primary N) is 1. The van der Waals surface area contributed by atoms with Crippen LogP contribution in [0.3, 0.4) is 0 Å². The number of amides is 1. The maximum atomic E-state index is 12.0. The van der Waals surface area contributed by atoms with Crippen LogP contribution in [-0.2, 0) is 20.8 Å². The molecule has 0 radical (unpaired) electrons. The third-order valence-electron chi connectivity index (χ3n) is 2.63. The zero-order valence-corrected chi connectivity index (χ0v) is 12.6. The Labute approximate surface area is 126 Å². The van der Waals surface area contributed by atoms with Gasteiger partial charge in [-0.15, -0.1) is 12.4 Å². The SMILES string of the molecule is COCCOCC(=O)N(CCN)Cc1ccccc1.Cl. The molecular weight excluding hydrogens is 280 g/mol. The number of rotatable bonds is 9. The molecule has 0 atom stereocenters. The highest BCUT2D eigenvalue weighted by molar-refractivity contribution is 5.85. The molecule has 114 valence electrons. The molecule has 5 nitrogen and oxygen atoms in total. The third-order valence-corrected chi connectivity index (χ3v) is 2.63. The topological polar surface area (TPSA) is 64.8 Å². The van der Waals surface area contributed by atoms with E-state index in [1.54, 1.807) is 12.0 Å². The summed E-state index contributed by atoms with van der Waals surface area (Å²) in [5, 5.41) is 0. The summed E-state index contributed by atoms with van der Waals surface area (Å²) in [6.07, 6.45) is 0. The first-order valence-electron chi connectivity index (χ1n) is 6.36. The van der Waals surface area contributed by atoms with Gasteiger partial charge in [-0.3, -0.25) is 4.79 Å². The normalized spacial score (nSPS) is 9.90. The average molecular weight is 303 g/mol. The predicted molar refractivity (Wildman–Crippen MR) is 80.9 cm³/mol. The first-order valence-corrected chi connectivity index (χ1v) is 6.36. The lowest BCUT2D eigenvalue weighted by Crippen LogP contribution is -2.37. The second-order valence-corrected chi connectivity index (χ2v) is 4.13. The summed E-state index contributed by atoms with van der Waals surface area (Å²) in [7, 11) is 1.60. The first-order chi connectivity index (χ1) is 9.27. The van der Waals surface area contributed by atoms with E-state index in [1.165, 1.54) is 0 Å². The van der Waals surface area contributed by atoms with Crippen molar-refractivity contribution < 1.29 is 14.3 Å². The summed E-state index contributed by atoms with van der Waals surface area (Å²) in [5.41, 5.74) is 6.63. The summed E-state index contributed by atoms with van der Waals surface area (Å²) >= 11 is 0. The standard InChI is InChI=1S/C14H22N2O3.ClH/c1-18-9-10-19-12-14(17)16(8-7-15)11-13-5-3-2-4-6-13;/h2-6H,7-12,15H2,1H3;1H. The van der Waals surface area contributed by atoms with Gasteiger partial charge in [-0.1, -0.05) is 30.3 Å². The molecule has 0 saturated carbocycles. The lowest BCUT2D eigenvalue weighted by atomic mass is 10.2. The Morgan fingerprint density at radius 1 is 1.25 bits per heavy atom. The summed E-state index contributed by atoms with van der Waals surface area (Å²) in [4.78, 5) is 13.7. The van der Waals surface area contributed by atoms with E-state index >= 15 is 0 Å². The lowest BCUT2D eigenvalue weighted by molar-refractivity contribution is -0.137. The summed E-state index contributed by atoms with van der Waals surface area (Å²) in [6.45, 7) is 2.51. The maximum Gasteiger partial charge on any atom is 0.248 e. The van der Waals surface area contributed by atoms with Crippen molar-refractivity contribution in [2.24, 2.45) is 5.73 Å². The molecule has 0 saturated heterocycles. The van der Waals surface area contributed by atoms with E-state index in [-0.39, 0.29) is 24.9 Å². The Hall–Kier alpha value is -1.14. The molecule has 20 heavy (non-hydrogen) atoms. The molecule has 0 aliphatic carbocycles. The molecule has 1 aromatic carbocycles. The van der Waals surface area contributed by atoms with Crippen LogP contribution in [0.2, 0.25) is 0 Å². The number of benzene rings is 1. The number of carbonyl (C=O) groups excluding carboxylic acids is 1. The maximum absolute atomic E-state index is 12.0. The van der Waals surface area contributed by atoms with Crippen molar-refractivity contribution in [2.75, 3.05) is 40.0 Å². The molecule has 1 amide bonds. The van der Waals surface area contributed by atoms with Crippen LogP contribution >= 0.6 is 12.4 Å². The van der Waals surface area contributed by atoms with Gasteiger partial charge in [-0.25, -0.2) is 0 Å². The van der Waals surface area contributed by atoms with Crippen LogP contribution in [0.4, 0.5) is 0 Å². The number of hydrogen-bond acceptors (Lipinski definition) is 4. The van der Waals surface area contributed by atoms with Crippen LogP contribution in [0, 0.1) is 0 Å². The second-order valence-electron chi connectivity index (χ2n) is 4.13. The Morgan fingerprint density at radius 2 is 1.95 bits per heavy atom. The van der Waals surface area contributed by atoms with Gasteiger partial charge < -0.3 is 20.1 Å². The van der Waals surface area contributed by atoms with E-state index in [1.807, 2.05) is 30.3 Å². The molecule has 0 heterocycles. The molecule has 1 rings (SSSR count). The van der Waals surface area contributed by atoms with Crippen LogP contribution in [0.5, 0.6) is 0 Å². The van der Waals surface area contributed by atoms with Crippen molar-refractivity contribution in [2.45, 2.75) is 6.54 Å². The van der Waals surface area contributed by atoms with Crippen molar-refractivity contribution in [3.63, 3.8) is 0 Å². The number of carbonyl (C=O) groups is 1. The number of halogens is 1. The van der Waals surface area contributed by atoms with Crippen molar-refractivity contribution in [1.29, 1.82) is 0 Å². The molecule has 0 unspecified atom stereocenters. The molecule has 0 aliphatic heterocycles. The van der Waals surface area contributed by atoms with Crippen molar-refractivity contribution in [3.05, 3.63) is 35.9 Å². The number of hydrogen-bond donors (Lipinski definition) is 1. The number of methoxy groups -OCH3 is 1. The predicted octanol–water partition coefficient (Wildman–Crippen LogP) is 1.06. The monoisotopic (exact) mass is 302 g/mol. The fourth-order valence-corrected chi connectivity index (χ4v) is 1.64. The Balaban J connectivity index is 0.00000361. The van der Waals surface area contributed by atoms with Crippen LogP contribution in [0.15, 0.2) is 30.3 Å². The zero-order valence-electron chi connectivity index (χ0n) is 11.8. The third kappa shape index (κ3) is 7.45. The van der Waals surface area contributed by atoms with E-state index in [9.17, 15) is 4.79 Å². The van der Waals surface area contributed by atoms with E-state index in [2.05, 4.69) is 0 Å². The van der Waals surface area contributed by atoms with E-state index in [0.29, 0.717) is 32.8 Å². The van der Waals surface area contributed by atoms with Gasteiger partial charge in [0, 0.05) is 26.7 Å². The van der Waals surface area contributed by atoms with Crippen LogP contribution in [0.25, 0.3) is 0 Å². The van der Waals surface area contributed by atoms with E-state index in [4.69, 9.17) is 15.2 Å². The van der Waals surface area contributed by atoms with Crippen molar-refractivity contribution in [3.8, 4) is 0 Å². The highest BCUT2D eigenvalue weighted by Crippen LogP contribution is 2.04. The van der Waals surface area contributed by atoms with Crippen molar-refractivity contribution >= 4 is 18.3 Å². The minimum atomic E-state index is -0.0505. The number of ether oxygens (including phenoxy) is 2. The smallest absolute Gasteiger partial charge is 0.248 e. The Bertz CT molecular complexity index is 363. The van der Waals surface area contributed by atoms with Gasteiger partial charge in [-0.2, -0.15) is 0 Å². The molecule has 0 aromatic heterocycles. The zero-order chi connectivity index (χ0) is 13.9. The summed E-state index contributed by atoms with van der Waals surface area (Å²) in [6, 6.07) is 9.84. The van der Waals surface area contributed by atoms with Crippen LogP contribution in [-0.4, -0.2) is 50.8 Å². The minimum absolute atomic E-state index is 0. The summed E-state index contributed by atoms with van der Waals surface area (Å²) < 4.78 is 10.1.